The molecule has 0 bridgehead atoms. The first kappa shape index (κ1) is 19.6. The van der Waals surface area contributed by atoms with E-state index in [1.165, 1.54) is 22.1 Å². The van der Waals surface area contributed by atoms with Crippen LogP contribution in [0.2, 0.25) is 0 Å². The molecule has 4 rings (SSSR count). The summed E-state index contributed by atoms with van der Waals surface area (Å²) in [6, 6.07) is 10.9. The second kappa shape index (κ2) is 8.37. The molecule has 0 spiro atoms. The molecule has 1 aliphatic rings. The number of nitrogens with one attached hydrogen (secondary N) is 1. The molecule has 1 N–H and O–H groups in total. The Kier molecular flexibility index (Phi) is 5.67. The Hall–Kier alpha value is -2.66. The van der Waals surface area contributed by atoms with Crippen molar-refractivity contribution in [2.45, 2.75) is 32.2 Å². The number of benzene rings is 2. The first-order valence-corrected chi connectivity index (χ1v) is 10.3. The number of methoxy groups -OCH3 is 2. The fourth-order valence-corrected chi connectivity index (χ4v) is 4.42. The zero-order valence-electron chi connectivity index (χ0n) is 17.7. The predicted octanol–water partition coefficient (Wildman–Crippen LogP) is 4.75. The molecule has 1 atom stereocenters. The van der Waals surface area contributed by atoms with Gasteiger partial charge in [-0.05, 0) is 80.3 Å². The van der Waals surface area contributed by atoms with Crippen LogP contribution in [0.3, 0.4) is 0 Å². The van der Waals surface area contributed by atoms with Crippen LogP contribution >= 0.6 is 0 Å². The highest BCUT2D eigenvalue weighted by atomic mass is 16.5. The average molecular weight is 395 g/mol. The van der Waals surface area contributed by atoms with Crippen molar-refractivity contribution in [2.24, 2.45) is 0 Å². The molecule has 154 valence electrons. The molecule has 5 nitrogen and oxygen atoms in total. The molecule has 0 unspecified atom stereocenters. The zero-order valence-corrected chi connectivity index (χ0v) is 17.7. The molecule has 29 heavy (non-hydrogen) atoms. The molecule has 2 heterocycles. The molecule has 0 saturated heterocycles. The van der Waals surface area contributed by atoms with Crippen LogP contribution in [0.4, 0.5) is 0 Å². The van der Waals surface area contributed by atoms with E-state index >= 15 is 0 Å². The number of ether oxygens (including phenoxy) is 3. The largest absolute Gasteiger partial charge is 0.497 e. The van der Waals surface area contributed by atoms with Crippen LogP contribution in [0.1, 0.15) is 36.1 Å². The minimum Gasteiger partial charge on any atom is -0.497 e. The molecule has 0 aliphatic carbocycles. The third-order valence-corrected chi connectivity index (χ3v) is 6.01. The molecule has 2 aromatic carbocycles. The Morgan fingerprint density at radius 2 is 1.97 bits per heavy atom. The molecule has 0 radical (unpaired) electrons. The number of aromatic nitrogens is 1. The first-order chi connectivity index (χ1) is 14.1. The quantitative estimate of drug-likeness (QED) is 0.628. The van der Waals surface area contributed by atoms with E-state index < -0.39 is 0 Å². The molecule has 5 heteroatoms. The van der Waals surface area contributed by atoms with E-state index in [-0.39, 0.29) is 0 Å². The number of rotatable bonds is 7. The van der Waals surface area contributed by atoms with Crippen molar-refractivity contribution in [3.8, 4) is 17.2 Å². The minimum absolute atomic E-state index is 0.361. The van der Waals surface area contributed by atoms with Gasteiger partial charge in [-0.25, -0.2) is 0 Å². The van der Waals surface area contributed by atoms with E-state index in [1.54, 1.807) is 14.2 Å². The lowest BCUT2D eigenvalue weighted by Gasteiger charge is -2.35. The average Bonchev–Trinajstić information content (AvgIpc) is 3.15. The molecular formula is C24H30N2O3. The molecule has 0 fully saturated rings. The SMILES string of the molecule is CCOc1cc2c(cc1OC)CCN(C)[C@H]2CCc1c[nH]c2ccc(OC)cc12. The molecular weight excluding hydrogens is 364 g/mol. The number of hydrogen-bond acceptors (Lipinski definition) is 4. The van der Waals surface area contributed by atoms with Gasteiger partial charge in [-0.15, -0.1) is 0 Å². The van der Waals surface area contributed by atoms with Crippen molar-refractivity contribution < 1.29 is 14.2 Å². The van der Waals surface area contributed by atoms with Crippen LogP contribution in [0, 0.1) is 0 Å². The topological polar surface area (TPSA) is 46.7 Å². The number of aryl methyl sites for hydroxylation is 1. The van der Waals surface area contributed by atoms with Crippen molar-refractivity contribution in [1.29, 1.82) is 0 Å². The summed E-state index contributed by atoms with van der Waals surface area (Å²) in [5, 5.41) is 1.24. The highest BCUT2D eigenvalue weighted by Gasteiger charge is 2.27. The molecule has 1 aliphatic heterocycles. The fourth-order valence-electron chi connectivity index (χ4n) is 4.42. The summed E-state index contributed by atoms with van der Waals surface area (Å²) in [5.74, 6) is 2.57. The van der Waals surface area contributed by atoms with E-state index in [4.69, 9.17) is 14.2 Å². The lowest BCUT2D eigenvalue weighted by atomic mass is 9.88. The van der Waals surface area contributed by atoms with Crippen LogP contribution in [0.25, 0.3) is 10.9 Å². The van der Waals surface area contributed by atoms with Gasteiger partial charge in [0.2, 0.25) is 0 Å². The Morgan fingerprint density at radius 3 is 2.72 bits per heavy atom. The standard InChI is InChI=1S/C24H30N2O3/c1-5-29-24-14-20-16(12-23(24)28-4)10-11-26(2)22(20)9-6-17-15-25-21-8-7-18(27-3)13-19(17)21/h7-8,12-15,22,25H,5-6,9-11H2,1-4H3/t22-/m0/s1. The summed E-state index contributed by atoms with van der Waals surface area (Å²) in [5.41, 5.74) is 5.22. The van der Waals surface area contributed by atoms with Crippen molar-refractivity contribution in [1.82, 2.24) is 9.88 Å². The minimum atomic E-state index is 0.361. The molecule has 3 aromatic rings. The number of aromatic amines is 1. The molecule has 0 amide bonds. The lowest BCUT2D eigenvalue weighted by Crippen LogP contribution is -2.32. The first-order valence-electron chi connectivity index (χ1n) is 10.3. The Balaban J connectivity index is 1.62. The van der Waals surface area contributed by atoms with E-state index in [1.807, 2.05) is 13.0 Å². The van der Waals surface area contributed by atoms with Gasteiger partial charge in [0.15, 0.2) is 11.5 Å². The molecule has 1 aromatic heterocycles. The van der Waals surface area contributed by atoms with Crippen molar-refractivity contribution >= 4 is 10.9 Å². The second-order valence-electron chi connectivity index (χ2n) is 7.65. The van der Waals surface area contributed by atoms with Crippen LogP contribution < -0.4 is 14.2 Å². The van der Waals surface area contributed by atoms with Crippen LogP contribution in [0.15, 0.2) is 36.5 Å². The van der Waals surface area contributed by atoms with Crippen molar-refractivity contribution in [3.63, 3.8) is 0 Å². The van der Waals surface area contributed by atoms with Gasteiger partial charge >= 0.3 is 0 Å². The number of likely N-dealkylation sites (N-methyl/N-ethyl adjacent to an activating group) is 1. The summed E-state index contributed by atoms with van der Waals surface area (Å²) in [6.07, 6.45) is 5.21. The summed E-state index contributed by atoms with van der Waals surface area (Å²) in [6.45, 7) is 3.69. The number of H-pyrrole nitrogens is 1. The van der Waals surface area contributed by atoms with E-state index in [0.717, 1.165) is 48.6 Å². The maximum Gasteiger partial charge on any atom is 0.161 e. The summed E-state index contributed by atoms with van der Waals surface area (Å²) in [7, 11) is 5.64. The maximum absolute atomic E-state index is 5.85. The third kappa shape index (κ3) is 3.79. The number of nitrogens with zero attached hydrogens (tertiary/aromatic N) is 1. The number of fused-ring (bicyclic) bond motifs is 2. The third-order valence-electron chi connectivity index (χ3n) is 6.01. The highest BCUT2D eigenvalue weighted by molar-refractivity contribution is 5.84. The zero-order chi connectivity index (χ0) is 20.4. The van der Waals surface area contributed by atoms with Crippen molar-refractivity contribution in [3.05, 3.63) is 53.2 Å². The van der Waals surface area contributed by atoms with E-state index in [0.29, 0.717) is 12.6 Å². The van der Waals surface area contributed by atoms with Gasteiger partial charge in [0.25, 0.3) is 0 Å². The Morgan fingerprint density at radius 1 is 1.10 bits per heavy atom. The highest BCUT2D eigenvalue weighted by Crippen LogP contribution is 2.39. The number of hydrogen-bond donors (Lipinski definition) is 1. The summed E-state index contributed by atoms with van der Waals surface area (Å²) >= 11 is 0. The van der Waals surface area contributed by atoms with Crippen LogP contribution in [-0.4, -0.2) is 44.3 Å². The Labute approximate surface area is 172 Å². The monoisotopic (exact) mass is 394 g/mol. The summed E-state index contributed by atoms with van der Waals surface area (Å²) < 4.78 is 16.8. The van der Waals surface area contributed by atoms with Gasteiger partial charge in [-0.2, -0.15) is 0 Å². The molecule has 0 saturated carbocycles. The fraction of sp³-hybridized carbons (Fsp3) is 0.417. The van der Waals surface area contributed by atoms with Crippen molar-refractivity contribution in [2.75, 3.05) is 34.4 Å². The van der Waals surface area contributed by atoms with E-state index in [9.17, 15) is 0 Å². The Bertz CT molecular complexity index is 995. The smallest absolute Gasteiger partial charge is 0.161 e. The maximum atomic E-state index is 5.85. The second-order valence-corrected chi connectivity index (χ2v) is 7.65. The van der Waals surface area contributed by atoms with Gasteiger partial charge in [0, 0.05) is 29.7 Å². The van der Waals surface area contributed by atoms with Gasteiger partial charge in [0.1, 0.15) is 5.75 Å². The lowest BCUT2D eigenvalue weighted by molar-refractivity contribution is 0.217. The normalized spacial score (nSPS) is 16.6. The van der Waals surface area contributed by atoms with Crippen LogP contribution in [-0.2, 0) is 12.8 Å². The van der Waals surface area contributed by atoms with Gasteiger partial charge in [0.05, 0.1) is 20.8 Å². The predicted molar refractivity (Wildman–Crippen MR) is 116 cm³/mol. The van der Waals surface area contributed by atoms with Gasteiger partial charge in [-0.1, -0.05) is 0 Å². The summed E-state index contributed by atoms with van der Waals surface area (Å²) in [4.78, 5) is 5.85. The van der Waals surface area contributed by atoms with E-state index in [2.05, 4.69) is 47.4 Å². The van der Waals surface area contributed by atoms with Gasteiger partial charge in [-0.3, -0.25) is 4.90 Å². The van der Waals surface area contributed by atoms with Crippen LogP contribution in [0.5, 0.6) is 17.2 Å². The van der Waals surface area contributed by atoms with Gasteiger partial charge < -0.3 is 19.2 Å².